The summed E-state index contributed by atoms with van der Waals surface area (Å²) in [6, 6.07) is 8.92. The Hall–Kier alpha value is -3.66. The number of ketones is 1. The van der Waals surface area contributed by atoms with Crippen molar-refractivity contribution in [2.24, 2.45) is 5.73 Å². The maximum atomic E-state index is 14.2. The van der Waals surface area contributed by atoms with Crippen LogP contribution in [0.2, 0.25) is 0 Å². The van der Waals surface area contributed by atoms with Crippen LogP contribution in [0.25, 0.3) is 11.1 Å². The Kier molecular flexibility index (Phi) is 11.8. The van der Waals surface area contributed by atoms with Crippen molar-refractivity contribution in [2.75, 3.05) is 6.54 Å². The molecule has 0 aliphatic heterocycles. The zero-order valence-corrected chi connectivity index (χ0v) is 20.9. The third kappa shape index (κ3) is 11.2. The molecule has 8 nitrogen and oxygen atoms in total. The van der Waals surface area contributed by atoms with Crippen LogP contribution in [-0.2, 0) is 14.4 Å². The van der Waals surface area contributed by atoms with Crippen molar-refractivity contribution in [1.82, 2.24) is 10.6 Å². The lowest BCUT2D eigenvalue weighted by Crippen LogP contribution is -2.47. The fourth-order valence-corrected chi connectivity index (χ4v) is 3.09. The molecule has 2 amide bonds. The predicted octanol–water partition coefficient (Wildman–Crippen LogP) is 3.43. The first-order chi connectivity index (χ1) is 16.7. The Labute approximate surface area is 209 Å². The summed E-state index contributed by atoms with van der Waals surface area (Å²) in [5.41, 5.74) is 5.88. The number of benzene rings is 2. The maximum Gasteiger partial charge on any atom is 0.300 e. The van der Waals surface area contributed by atoms with Gasteiger partial charge in [-0.1, -0.05) is 24.3 Å². The summed E-state index contributed by atoms with van der Waals surface area (Å²) in [6.45, 7) is 6.70. The number of hydrogen-bond donors (Lipinski definition) is 4. The summed E-state index contributed by atoms with van der Waals surface area (Å²) < 4.78 is 28.2. The molecule has 0 radical (unpaired) electrons. The van der Waals surface area contributed by atoms with Crippen molar-refractivity contribution in [3.63, 3.8) is 0 Å². The van der Waals surface area contributed by atoms with Gasteiger partial charge in [-0.05, 0) is 51.0 Å². The van der Waals surface area contributed by atoms with Crippen LogP contribution in [0.1, 0.15) is 57.3 Å². The lowest BCUT2D eigenvalue weighted by atomic mass is 9.98. The van der Waals surface area contributed by atoms with Gasteiger partial charge in [0.25, 0.3) is 5.97 Å². The van der Waals surface area contributed by atoms with E-state index in [1.165, 1.54) is 18.2 Å². The second-order valence-electron chi connectivity index (χ2n) is 9.12. The quantitative estimate of drug-likeness (QED) is 0.304. The minimum atomic E-state index is -1.01. The molecule has 0 aromatic heterocycles. The monoisotopic (exact) mass is 505 g/mol. The summed E-state index contributed by atoms with van der Waals surface area (Å²) in [4.78, 5) is 45.4. The van der Waals surface area contributed by atoms with E-state index in [1.54, 1.807) is 18.2 Å². The van der Waals surface area contributed by atoms with E-state index in [0.29, 0.717) is 5.56 Å². The molecule has 0 saturated heterocycles. The summed E-state index contributed by atoms with van der Waals surface area (Å²) >= 11 is 0. The first-order valence-electron chi connectivity index (χ1n) is 11.3. The van der Waals surface area contributed by atoms with Crippen LogP contribution < -0.4 is 16.4 Å². The number of hydrogen-bond acceptors (Lipinski definition) is 5. The molecule has 5 N–H and O–H groups in total. The Morgan fingerprint density at radius 3 is 2.22 bits per heavy atom. The fraction of sp³-hybridized carbons (Fsp3) is 0.385. The van der Waals surface area contributed by atoms with Gasteiger partial charge < -0.3 is 21.5 Å². The summed E-state index contributed by atoms with van der Waals surface area (Å²) in [7, 11) is 0. The average Bonchev–Trinajstić information content (AvgIpc) is 2.75. The number of halogens is 2. The highest BCUT2D eigenvalue weighted by atomic mass is 19.1. The number of rotatable bonds is 9. The van der Waals surface area contributed by atoms with Crippen molar-refractivity contribution in [3.05, 3.63) is 59.7 Å². The molecule has 0 spiro atoms. The number of Topliss-reactive ketones (excluding diaryl/α,β-unsaturated/α-hetero) is 1. The zero-order chi connectivity index (χ0) is 27.5. The third-order valence-electron chi connectivity index (χ3n) is 4.59. The summed E-state index contributed by atoms with van der Waals surface area (Å²) in [5, 5.41) is 12.7. The highest BCUT2D eigenvalue weighted by Crippen LogP contribution is 2.25. The number of aliphatic carboxylic acids is 1. The molecule has 2 aromatic carbocycles. The first-order valence-corrected chi connectivity index (χ1v) is 11.3. The summed E-state index contributed by atoms with van der Waals surface area (Å²) in [6.07, 6.45) is 0.0859. The number of amides is 2. The molecule has 0 unspecified atom stereocenters. The van der Waals surface area contributed by atoms with E-state index in [9.17, 15) is 23.2 Å². The Balaban J connectivity index is 0.00000150. The van der Waals surface area contributed by atoms with Gasteiger partial charge in [0.1, 0.15) is 11.6 Å². The normalized spacial score (nSPS) is 11.5. The SMILES string of the molecule is CC(=O)O.CC(C)(C)NC(=O)C[C@H](N)C(=O)NCCCC(=O)c1cc(-c2ccccc2F)ccc1F. The Bertz CT molecular complexity index is 1080. The second kappa shape index (κ2) is 14.0. The number of carbonyl (C=O) groups is 4. The Morgan fingerprint density at radius 2 is 1.64 bits per heavy atom. The van der Waals surface area contributed by atoms with E-state index >= 15 is 0 Å². The average molecular weight is 506 g/mol. The fourth-order valence-electron chi connectivity index (χ4n) is 3.09. The van der Waals surface area contributed by atoms with Crippen LogP contribution in [0.15, 0.2) is 42.5 Å². The molecule has 2 aromatic rings. The van der Waals surface area contributed by atoms with Crippen LogP contribution in [0, 0.1) is 11.6 Å². The molecule has 0 bridgehead atoms. The molecule has 0 heterocycles. The second-order valence-corrected chi connectivity index (χ2v) is 9.12. The lowest BCUT2D eigenvalue weighted by Gasteiger charge is -2.21. The third-order valence-corrected chi connectivity index (χ3v) is 4.59. The molecule has 1 atom stereocenters. The number of nitrogens with one attached hydrogen (secondary N) is 2. The topological polar surface area (TPSA) is 139 Å². The van der Waals surface area contributed by atoms with Gasteiger partial charge in [-0.2, -0.15) is 0 Å². The van der Waals surface area contributed by atoms with Crippen LogP contribution >= 0.6 is 0 Å². The van der Waals surface area contributed by atoms with E-state index in [0.717, 1.165) is 13.0 Å². The maximum absolute atomic E-state index is 14.2. The standard InChI is InChI=1S/C24H29F2N3O3.C2H4O2/c1-24(2,3)29-22(31)14-20(27)23(32)28-12-6-9-21(30)17-13-15(10-11-19(17)26)16-7-4-5-8-18(16)25;1-2(3)4/h4-5,7-8,10-11,13,20H,6,9,12,14,27H2,1-3H3,(H,28,32)(H,29,31);1H3,(H,3,4)/t20-;/m0./s1. The smallest absolute Gasteiger partial charge is 0.300 e. The molecule has 36 heavy (non-hydrogen) atoms. The molecule has 0 aliphatic rings. The Morgan fingerprint density at radius 1 is 1.03 bits per heavy atom. The van der Waals surface area contributed by atoms with E-state index in [4.69, 9.17) is 15.6 Å². The largest absolute Gasteiger partial charge is 0.481 e. The van der Waals surface area contributed by atoms with Crippen molar-refractivity contribution in [1.29, 1.82) is 0 Å². The van der Waals surface area contributed by atoms with Crippen molar-refractivity contribution >= 4 is 23.6 Å². The van der Waals surface area contributed by atoms with Crippen LogP contribution in [0.3, 0.4) is 0 Å². The van der Waals surface area contributed by atoms with Crippen molar-refractivity contribution in [2.45, 2.75) is 58.5 Å². The van der Waals surface area contributed by atoms with Crippen LogP contribution in [0.4, 0.5) is 8.78 Å². The molecule has 0 aliphatic carbocycles. The van der Waals surface area contributed by atoms with E-state index in [1.807, 2.05) is 20.8 Å². The molecular formula is C26H33F2N3O5. The highest BCUT2D eigenvalue weighted by Gasteiger charge is 2.21. The minimum absolute atomic E-state index is 0.0162. The highest BCUT2D eigenvalue weighted by molar-refractivity contribution is 5.97. The lowest BCUT2D eigenvalue weighted by molar-refractivity contribution is -0.134. The number of carboxylic acids is 1. The number of nitrogens with two attached hydrogens (primary N) is 1. The van der Waals surface area contributed by atoms with Crippen molar-refractivity contribution < 1.29 is 33.1 Å². The predicted molar refractivity (Wildman–Crippen MR) is 132 cm³/mol. The van der Waals surface area contributed by atoms with Gasteiger partial charge in [-0.25, -0.2) is 8.78 Å². The minimum Gasteiger partial charge on any atom is -0.481 e. The molecule has 196 valence electrons. The molecule has 0 saturated carbocycles. The number of carbonyl (C=O) groups excluding carboxylic acids is 3. The van der Waals surface area contributed by atoms with Gasteiger partial charge >= 0.3 is 0 Å². The van der Waals surface area contributed by atoms with E-state index in [-0.39, 0.29) is 42.8 Å². The number of carboxylic acid groups (broad SMARTS) is 1. The molecule has 0 fully saturated rings. The molecule has 2 rings (SSSR count). The summed E-state index contributed by atoms with van der Waals surface area (Å²) in [5.74, 6) is -3.28. The first kappa shape index (κ1) is 30.4. The van der Waals surface area contributed by atoms with Crippen LogP contribution in [0.5, 0.6) is 0 Å². The molecular weight excluding hydrogens is 472 g/mol. The zero-order valence-electron chi connectivity index (χ0n) is 20.9. The van der Waals surface area contributed by atoms with Gasteiger partial charge in [0, 0.05) is 31.0 Å². The van der Waals surface area contributed by atoms with Crippen LogP contribution in [-0.4, -0.2) is 46.8 Å². The van der Waals surface area contributed by atoms with Gasteiger partial charge in [-0.3, -0.25) is 19.2 Å². The van der Waals surface area contributed by atoms with E-state index < -0.39 is 40.9 Å². The van der Waals surface area contributed by atoms with E-state index in [2.05, 4.69) is 10.6 Å². The van der Waals surface area contributed by atoms with Gasteiger partial charge in [0.15, 0.2) is 5.78 Å². The molecule has 10 heteroatoms. The van der Waals surface area contributed by atoms with Gasteiger partial charge in [0.2, 0.25) is 11.8 Å². The van der Waals surface area contributed by atoms with Crippen molar-refractivity contribution in [3.8, 4) is 11.1 Å². The van der Waals surface area contributed by atoms with Gasteiger partial charge in [0.05, 0.1) is 18.0 Å². The van der Waals surface area contributed by atoms with Gasteiger partial charge in [-0.15, -0.1) is 0 Å².